The van der Waals surface area contributed by atoms with E-state index in [1.54, 1.807) is 11.8 Å². The Morgan fingerprint density at radius 3 is 2.79 bits per heavy atom. The second-order valence-electron chi connectivity index (χ2n) is 2.42. The summed E-state index contributed by atoms with van der Waals surface area (Å²) in [5.74, 6) is 6.47. The fraction of sp³-hybridized carbons (Fsp3) is 0.571. The van der Waals surface area contributed by atoms with Crippen molar-refractivity contribution in [1.82, 2.24) is 15.0 Å². The zero-order valence-corrected chi connectivity index (χ0v) is 8.97. The number of anilines is 1. The highest BCUT2D eigenvalue weighted by Gasteiger charge is 2.05. The summed E-state index contributed by atoms with van der Waals surface area (Å²) < 4.78 is 4.91. The Labute approximate surface area is 86.6 Å². The number of aromatic nitrogens is 3. The minimum atomic E-state index is 0.270. The number of nitrogens with zero attached hydrogens (tertiary/aromatic N) is 3. The van der Waals surface area contributed by atoms with Gasteiger partial charge >= 0.3 is 6.01 Å². The van der Waals surface area contributed by atoms with Crippen molar-refractivity contribution in [3.8, 4) is 6.01 Å². The van der Waals surface area contributed by atoms with Gasteiger partial charge in [-0.2, -0.15) is 15.0 Å². The van der Waals surface area contributed by atoms with E-state index in [0.717, 1.165) is 12.2 Å². The van der Waals surface area contributed by atoms with Crippen molar-refractivity contribution in [3.63, 3.8) is 0 Å². The van der Waals surface area contributed by atoms with Gasteiger partial charge < -0.3 is 4.74 Å². The number of hydrogen-bond acceptors (Lipinski definition) is 7. The van der Waals surface area contributed by atoms with Crippen LogP contribution in [0.2, 0.25) is 0 Å². The van der Waals surface area contributed by atoms with Crippen molar-refractivity contribution in [1.29, 1.82) is 0 Å². The summed E-state index contributed by atoms with van der Waals surface area (Å²) in [5.41, 5.74) is 2.36. The molecular formula is C7H13N5OS. The van der Waals surface area contributed by atoms with Crippen molar-refractivity contribution < 1.29 is 4.74 Å². The highest BCUT2D eigenvalue weighted by molar-refractivity contribution is 7.99. The molecule has 78 valence electrons. The van der Waals surface area contributed by atoms with Gasteiger partial charge in [-0.15, -0.1) is 0 Å². The predicted octanol–water partition coefficient (Wildman–Crippen LogP) is 0.668. The third-order valence-electron chi connectivity index (χ3n) is 1.34. The van der Waals surface area contributed by atoms with Crippen LogP contribution in [0, 0.1) is 0 Å². The number of thioether (sulfide) groups is 1. The van der Waals surface area contributed by atoms with E-state index in [-0.39, 0.29) is 6.01 Å². The Balaban J connectivity index is 2.81. The Hall–Kier alpha value is -1.08. The summed E-state index contributed by atoms with van der Waals surface area (Å²) >= 11 is 1.54. The topological polar surface area (TPSA) is 86.0 Å². The molecule has 1 heterocycles. The molecule has 0 amide bonds. The number of hydrazine groups is 1. The molecule has 7 heteroatoms. The van der Waals surface area contributed by atoms with Crippen molar-refractivity contribution >= 4 is 17.7 Å². The highest BCUT2D eigenvalue weighted by Crippen LogP contribution is 2.17. The highest BCUT2D eigenvalue weighted by atomic mass is 32.2. The Morgan fingerprint density at radius 2 is 2.21 bits per heavy atom. The van der Waals surface area contributed by atoms with Crippen LogP contribution in [-0.2, 0) is 0 Å². The molecule has 0 unspecified atom stereocenters. The van der Waals surface area contributed by atoms with Gasteiger partial charge in [0.2, 0.25) is 5.95 Å². The van der Waals surface area contributed by atoms with Gasteiger partial charge in [0.15, 0.2) is 5.16 Å². The molecule has 3 N–H and O–H groups in total. The summed E-state index contributed by atoms with van der Waals surface area (Å²) in [6, 6.07) is 0.270. The van der Waals surface area contributed by atoms with E-state index in [0.29, 0.717) is 11.1 Å². The number of ether oxygens (including phenoxy) is 1. The molecule has 1 aromatic heterocycles. The Morgan fingerprint density at radius 1 is 1.43 bits per heavy atom. The monoisotopic (exact) mass is 215 g/mol. The van der Waals surface area contributed by atoms with Crippen LogP contribution < -0.4 is 16.0 Å². The fourth-order valence-electron chi connectivity index (χ4n) is 0.752. The molecule has 0 fully saturated rings. The van der Waals surface area contributed by atoms with Gasteiger partial charge in [0.05, 0.1) is 7.11 Å². The third-order valence-corrected chi connectivity index (χ3v) is 2.39. The molecule has 0 aromatic carbocycles. The quantitative estimate of drug-likeness (QED) is 0.424. The van der Waals surface area contributed by atoms with E-state index in [4.69, 9.17) is 10.6 Å². The summed E-state index contributed by atoms with van der Waals surface area (Å²) in [6.45, 7) is 2.09. The summed E-state index contributed by atoms with van der Waals surface area (Å²) in [4.78, 5) is 12.0. The first-order valence-corrected chi connectivity index (χ1v) is 5.18. The molecule has 0 bridgehead atoms. The van der Waals surface area contributed by atoms with Crippen LogP contribution in [0.5, 0.6) is 6.01 Å². The molecule has 0 saturated heterocycles. The number of nitrogen functional groups attached to an aromatic ring is 1. The smallest absolute Gasteiger partial charge is 0.321 e. The maximum absolute atomic E-state index is 5.20. The molecule has 0 spiro atoms. The van der Waals surface area contributed by atoms with Gasteiger partial charge in [-0.3, -0.25) is 5.43 Å². The first-order chi connectivity index (χ1) is 6.80. The lowest BCUT2D eigenvalue weighted by Gasteiger charge is -2.03. The molecule has 14 heavy (non-hydrogen) atoms. The zero-order valence-electron chi connectivity index (χ0n) is 8.15. The second kappa shape index (κ2) is 5.61. The van der Waals surface area contributed by atoms with Gasteiger partial charge in [0.1, 0.15) is 0 Å². The van der Waals surface area contributed by atoms with Crippen LogP contribution in [0.15, 0.2) is 5.16 Å². The minimum Gasteiger partial charge on any atom is -0.467 e. The number of nitrogens with two attached hydrogens (primary N) is 1. The zero-order chi connectivity index (χ0) is 10.4. The number of rotatable bonds is 5. The van der Waals surface area contributed by atoms with E-state index in [1.165, 1.54) is 7.11 Å². The number of hydrogen-bond donors (Lipinski definition) is 2. The number of nitrogens with one attached hydrogen (secondary N) is 1. The standard InChI is InChI=1S/C7H13N5OS/c1-3-4-14-7-10-5(12-8)9-6(11-7)13-2/h3-4,8H2,1-2H3,(H,9,10,11,12). The molecule has 6 nitrogen and oxygen atoms in total. The molecule has 0 aliphatic carbocycles. The number of methoxy groups -OCH3 is 1. The van der Waals surface area contributed by atoms with Crippen LogP contribution in [0.1, 0.15) is 13.3 Å². The Kier molecular flexibility index (Phi) is 4.41. The summed E-state index contributed by atoms with van der Waals surface area (Å²) in [7, 11) is 1.50. The maximum Gasteiger partial charge on any atom is 0.321 e. The first-order valence-electron chi connectivity index (χ1n) is 4.19. The van der Waals surface area contributed by atoms with Crippen molar-refractivity contribution in [3.05, 3.63) is 0 Å². The fourth-order valence-corrected chi connectivity index (χ4v) is 1.43. The van der Waals surface area contributed by atoms with E-state index >= 15 is 0 Å². The molecule has 0 saturated carbocycles. The SMILES string of the molecule is CCCSc1nc(NN)nc(OC)n1. The van der Waals surface area contributed by atoms with Gasteiger partial charge in [0, 0.05) is 5.75 Å². The molecule has 0 atom stereocenters. The summed E-state index contributed by atoms with van der Waals surface area (Å²) in [5, 5.41) is 0.617. The lowest BCUT2D eigenvalue weighted by Crippen LogP contribution is -2.12. The average Bonchev–Trinajstić information content (AvgIpc) is 2.25. The van der Waals surface area contributed by atoms with Crippen LogP contribution in [-0.4, -0.2) is 27.8 Å². The van der Waals surface area contributed by atoms with Crippen LogP contribution in [0.3, 0.4) is 0 Å². The molecule has 0 aliphatic heterocycles. The normalized spacial score (nSPS) is 9.93. The van der Waals surface area contributed by atoms with Gasteiger partial charge in [-0.25, -0.2) is 5.84 Å². The van der Waals surface area contributed by atoms with Crippen molar-refractivity contribution in [2.24, 2.45) is 5.84 Å². The van der Waals surface area contributed by atoms with Gasteiger partial charge in [-0.1, -0.05) is 18.7 Å². The van der Waals surface area contributed by atoms with E-state index in [2.05, 4.69) is 27.3 Å². The lowest BCUT2D eigenvalue weighted by atomic mass is 10.6. The van der Waals surface area contributed by atoms with Crippen LogP contribution in [0.25, 0.3) is 0 Å². The molecule has 0 aliphatic rings. The summed E-state index contributed by atoms with van der Waals surface area (Å²) in [6.07, 6.45) is 1.06. The van der Waals surface area contributed by atoms with Crippen molar-refractivity contribution in [2.75, 3.05) is 18.3 Å². The minimum absolute atomic E-state index is 0.270. The molecule has 0 radical (unpaired) electrons. The van der Waals surface area contributed by atoms with Crippen LogP contribution >= 0.6 is 11.8 Å². The second-order valence-corrected chi connectivity index (χ2v) is 3.48. The molecular weight excluding hydrogens is 202 g/mol. The van der Waals surface area contributed by atoms with E-state index in [1.807, 2.05) is 0 Å². The van der Waals surface area contributed by atoms with E-state index < -0.39 is 0 Å². The lowest BCUT2D eigenvalue weighted by molar-refractivity contribution is 0.373. The Bertz CT molecular complexity index is 273. The first kappa shape index (κ1) is 11.0. The van der Waals surface area contributed by atoms with Crippen LogP contribution in [0.4, 0.5) is 5.95 Å². The van der Waals surface area contributed by atoms with Gasteiger partial charge in [-0.05, 0) is 6.42 Å². The third kappa shape index (κ3) is 3.00. The average molecular weight is 215 g/mol. The molecule has 1 aromatic rings. The van der Waals surface area contributed by atoms with Gasteiger partial charge in [0.25, 0.3) is 0 Å². The predicted molar refractivity (Wildman–Crippen MR) is 55.2 cm³/mol. The van der Waals surface area contributed by atoms with E-state index in [9.17, 15) is 0 Å². The van der Waals surface area contributed by atoms with Crippen molar-refractivity contribution in [2.45, 2.75) is 18.5 Å². The molecule has 1 rings (SSSR count). The maximum atomic E-state index is 5.20. The largest absolute Gasteiger partial charge is 0.467 e.